The molecule has 1 saturated carbocycles. The minimum absolute atomic E-state index is 0.216. The molecule has 0 heterocycles. The van der Waals surface area contributed by atoms with Gasteiger partial charge in [-0.2, -0.15) is 0 Å². The maximum absolute atomic E-state index is 12.5. The number of hydrogen-bond acceptors (Lipinski definition) is 4. The van der Waals surface area contributed by atoms with Crippen LogP contribution in [0.3, 0.4) is 0 Å². The van der Waals surface area contributed by atoms with Crippen molar-refractivity contribution in [2.24, 2.45) is 0 Å². The maximum Gasteiger partial charge on any atom is 0.307 e. The minimum atomic E-state index is -0.898. The first-order valence-electron chi connectivity index (χ1n) is 8.55. The average Bonchev–Trinajstić information content (AvgIpc) is 3.46. The molecule has 0 bridgehead atoms. The van der Waals surface area contributed by atoms with Gasteiger partial charge in [0.2, 0.25) is 6.10 Å². The normalized spacial score (nSPS) is 14.5. The van der Waals surface area contributed by atoms with Crippen molar-refractivity contribution in [1.82, 2.24) is 5.32 Å². The van der Waals surface area contributed by atoms with E-state index < -0.39 is 6.10 Å². The molecule has 1 amide bonds. The lowest BCUT2D eigenvalue weighted by molar-refractivity contribution is -0.156. The largest absolute Gasteiger partial charge is 0.447 e. The number of ether oxygens (including phenoxy) is 1. The van der Waals surface area contributed by atoms with E-state index in [9.17, 15) is 9.59 Å². The van der Waals surface area contributed by atoms with E-state index in [1.165, 1.54) is 0 Å². The van der Waals surface area contributed by atoms with Gasteiger partial charge in [0.15, 0.2) is 0 Å². The van der Waals surface area contributed by atoms with Crippen molar-refractivity contribution in [3.63, 3.8) is 0 Å². The Kier molecular flexibility index (Phi) is 6.58. The predicted molar refractivity (Wildman–Crippen MR) is 103 cm³/mol. The van der Waals surface area contributed by atoms with Crippen molar-refractivity contribution in [3.05, 3.63) is 65.2 Å². The Morgan fingerprint density at radius 1 is 1.12 bits per heavy atom. The zero-order valence-corrected chi connectivity index (χ0v) is 15.8. The van der Waals surface area contributed by atoms with E-state index in [0.29, 0.717) is 16.3 Å². The van der Waals surface area contributed by atoms with Gasteiger partial charge in [-0.15, -0.1) is 11.8 Å². The number of amides is 1. The van der Waals surface area contributed by atoms with Gasteiger partial charge in [-0.3, -0.25) is 9.59 Å². The number of nitrogens with one attached hydrogen (secondary N) is 1. The topological polar surface area (TPSA) is 55.4 Å². The summed E-state index contributed by atoms with van der Waals surface area (Å²) in [6.07, 6.45) is 1.30. The summed E-state index contributed by atoms with van der Waals surface area (Å²) in [5.74, 6) is -0.0599. The van der Waals surface area contributed by atoms with Gasteiger partial charge in [0, 0.05) is 27.3 Å². The summed E-state index contributed by atoms with van der Waals surface area (Å²) in [6, 6.07) is 16.8. The number of esters is 1. The lowest BCUT2D eigenvalue weighted by atomic mass is 10.1. The Hall–Kier alpha value is -1.98. The Labute approximate surface area is 162 Å². The van der Waals surface area contributed by atoms with E-state index in [1.807, 2.05) is 42.5 Å². The molecule has 0 spiro atoms. The van der Waals surface area contributed by atoms with E-state index in [0.717, 1.165) is 17.7 Å². The van der Waals surface area contributed by atoms with E-state index in [1.54, 1.807) is 23.9 Å². The molecule has 1 aliphatic rings. The molecular formula is C20H20ClNO3S. The molecular weight excluding hydrogens is 370 g/mol. The summed E-state index contributed by atoms with van der Waals surface area (Å²) in [6.45, 7) is 0. The first-order chi connectivity index (χ1) is 12.6. The Morgan fingerprint density at radius 3 is 2.46 bits per heavy atom. The third-order valence-corrected chi connectivity index (χ3v) is 5.17. The van der Waals surface area contributed by atoms with Crippen LogP contribution in [0.5, 0.6) is 0 Å². The monoisotopic (exact) mass is 389 g/mol. The van der Waals surface area contributed by atoms with Crippen LogP contribution in [0, 0.1) is 0 Å². The molecule has 1 N–H and O–H groups in total. The molecule has 0 aromatic heterocycles. The van der Waals surface area contributed by atoms with Crippen LogP contribution in [0.2, 0.25) is 5.02 Å². The lowest BCUT2D eigenvalue weighted by Crippen LogP contribution is -2.33. The third kappa shape index (κ3) is 5.78. The number of carbonyl (C=O) groups excluding carboxylic acids is 2. The molecule has 1 fully saturated rings. The fourth-order valence-corrected chi connectivity index (χ4v) is 3.34. The molecule has 0 radical (unpaired) electrons. The highest BCUT2D eigenvalue weighted by Gasteiger charge is 2.30. The molecule has 26 heavy (non-hydrogen) atoms. The van der Waals surface area contributed by atoms with Gasteiger partial charge < -0.3 is 10.1 Å². The third-order valence-electron chi connectivity index (χ3n) is 3.90. The summed E-state index contributed by atoms with van der Waals surface area (Å²) in [7, 11) is 0. The molecule has 136 valence electrons. The van der Waals surface area contributed by atoms with E-state index in [-0.39, 0.29) is 24.3 Å². The van der Waals surface area contributed by atoms with Crippen molar-refractivity contribution in [3.8, 4) is 0 Å². The molecule has 3 rings (SSSR count). The van der Waals surface area contributed by atoms with Crippen LogP contribution in [0.1, 0.15) is 30.9 Å². The Balaban J connectivity index is 1.54. The fourth-order valence-electron chi connectivity index (χ4n) is 2.38. The van der Waals surface area contributed by atoms with Gasteiger partial charge in [-0.05, 0) is 37.1 Å². The molecule has 1 aliphatic carbocycles. The second-order valence-electron chi connectivity index (χ2n) is 6.12. The highest BCUT2D eigenvalue weighted by Crippen LogP contribution is 2.25. The number of benzene rings is 2. The van der Waals surface area contributed by atoms with Crippen molar-refractivity contribution in [2.45, 2.75) is 36.3 Å². The van der Waals surface area contributed by atoms with Gasteiger partial charge in [-0.25, -0.2) is 0 Å². The van der Waals surface area contributed by atoms with Crippen LogP contribution in [0.4, 0.5) is 0 Å². The van der Waals surface area contributed by atoms with Gasteiger partial charge in [0.1, 0.15) is 0 Å². The van der Waals surface area contributed by atoms with Crippen molar-refractivity contribution in [2.75, 3.05) is 5.75 Å². The van der Waals surface area contributed by atoms with E-state index in [4.69, 9.17) is 16.3 Å². The lowest BCUT2D eigenvalue weighted by Gasteiger charge is -2.18. The first-order valence-corrected chi connectivity index (χ1v) is 9.91. The molecule has 0 aliphatic heterocycles. The molecule has 0 unspecified atom stereocenters. The molecule has 0 saturated heterocycles. The summed E-state index contributed by atoms with van der Waals surface area (Å²) in [5, 5.41) is 3.59. The first kappa shape index (κ1) is 18.8. The van der Waals surface area contributed by atoms with Gasteiger partial charge in [0.25, 0.3) is 5.91 Å². The zero-order valence-electron chi connectivity index (χ0n) is 14.2. The SMILES string of the molecule is O=C(CCSc1ccc(Cl)cc1)O[C@H](C(=O)NC1CC1)c1ccccc1. The smallest absolute Gasteiger partial charge is 0.307 e. The highest BCUT2D eigenvalue weighted by molar-refractivity contribution is 7.99. The molecule has 4 nitrogen and oxygen atoms in total. The van der Waals surface area contributed by atoms with E-state index in [2.05, 4.69) is 5.32 Å². The van der Waals surface area contributed by atoms with Crippen LogP contribution >= 0.6 is 23.4 Å². The summed E-state index contributed by atoms with van der Waals surface area (Å²) in [5.41, 5.74) is 0.685. The van der Waals surface area contributed by atoms with Crippen LogP contribution in [0.25, 0.3) is 0 Å². The van der Waals surface area contributed by atoms with Crippen LogP contribution in [-0.4, -0.2) is 23.7 Å². The Morgan fingerprint density at radius 2 is 1.81 bits per heavy atom. The minimum Gasteiger partial charge on any atom is -0.447 e. The second kappa shape index (κ2) is 9.10. The predicted octanol–water partition coefficient (Wildman–Crippen LogP) is 4.39. The standard InChI is InChI=1S/C20H20ClNO3S/c21-15-6-10-17(11-7-15)26-13-12-18(23)25-19(14-4-2-1-3-5-14)20(24)22-16-8-9-16/h1-7,10-11,16,19H,8-9,12-13H2,(H,22,24)/t19-/m0/s1. The van der Waals surface area contributed by atoms with E-state index >= 15 is 0 Å². The van der Waals surface area contributed by atoms with Gasteiger partial charge >= 0.3 is 5.97 Å². The summed E-state index contributed by atoms with van der Waals surface area (Å²) < 4.78 is 5.50. The fraction of sp³-hybridized carbons (Fsp3) is 0.300. The molecule has 2 aromatic rings. The number of thioether (sulfide) groups is 1. The summed E-state index contributed by atoms with van der Waals surface area (Å²) >= 11 is 7.41. The molecule has 1 atom stereocenters. The van der Waals surface area contributed by atoms with Crippen molar-refractivity contribution >= 4 is 35.2 Å². The van der Waals surface area contributed by atoms with Gasteiger partial charge in [-0.1, -0.05) is 41.9 Å². The Bertz CT molecular complexity index is 747. The second-order valence-corrected chi connectivity index (χ2v) is 7.72. The molecule has 6 heteroatoms. The van der Waals surface area contributed by atoms with Crippen LogP contribution < -0.4 is 5.32 Å². The number of halogens is 1. The number of rotatable bonds is 8. The summed E-state index contributed by atoms with van der Waals surface area (Å²) in [4.78, 5) is 25.7. The number of carbonyl (C=O) groups is 2. The maximum atomic E-state index is 12.5. The molecule has 2 aromatic carbocycles. The van der Waals surface area contributed by atoms with Crippen molar-refractivity contribution in [1.29, 1.82) is 0 Å². The van der Waals surface area contributed by atoms with Crippen LogP contribution in [-0.2, 0) is 14.3 Å². The quantitative estimate of drug-likeness (QED) is 0.537. The van der Waals surface area contributed by atoms with Crippen molar-refractivity contribution < 1.29 is 14.3 Å². The zero-order chi connectivity index (χ0) is 18.4. The average molecular weight is 390 g/mol. The van der Waals surface area contributed by atoms with Gasteiger partial charge in [0.05, 0.1) is 6.42 Å². The highest BCUT2D eigenvalue weighted by atomic mass is 35.5. The number of hydrogen-bond donors (Lipinski definition) is 1. The van der Waals surface area contributed by atoms with Crippen LogP contribution in [0.15, 0.2) is 59.5 Å².